The molecule has 0 amide bonds. The average molecular weight is 240 g/mol. The smallest absolute Gasteiger partial charge is 0.179 e. The van der Waals surface area contributed by atoms with Crippen LogP contribution in [0.5, 0.6) is 0 Å². The molecule has 0 spiro atoms. The van der Waals surface area contributed by atoms with Crippen molar-refractivity contribution in [3.63, 3.8) is 0 Å². The Balaban J connectivity index is 2.50. The molecule has 2 nitrogen and oxygen atoms in total. The lowest BCUT2D eigenvalue weighted by Gasteiger charge is -2.19. The summed E-state index contributed by atoms with van der Waals surface area (Å²) in [6, 6.07) is 5.43. The van der Waals surface area contributed by atoms with Gasteiger partial charge in [0.05, 0.1) is 6.04 Å². The van der Waals surface area contributed by atoms with Crippen LogP contribution in [0.25, 0.3) is 0 Å². The van der Waals surface area contributed by atoms with Gasteiger partial charge < -0.3 is 5.73 Å². The number of rotatable bonds is 0. The van der Waals surface area contributed by atoms with Crippen molar-refractivity contribution in [1.82, 2.24) is 0 Å². The van der Waals surface area contributed by atoms with Crippen molar-refractivity contribution in [2.75, 3.05) is 0 Å². The van der Waals surface area contributed by atoms with Gasteiger partial charge in [-0.3, -0.25) is 4.79 Å². The number of carbonyl (C=O) groups excluding carboxylic acids is 1. The normalized spacial score (nSPS) is 21.4. The fraction of sp³-hybridized carbons (Fsp3) is 0.300. The molecule has 1 aromatic rings. The van der Waals surface area contributed by atoms with Gasteiger partial charge in [0.25, 0.3) is 0 Å². The third-order valence-electron chi connectivity index (χ3n) is 2.39. The molecule has 13 heavy (non-hydrogen) atoms. The highest BCUT2D eigenvalue weighted by molar-refractivity contribution is 9.10. The van der Waals surface area contributed by atoms with E-state index in [-0.39, 0.29) is 11.8 Å². The molecule has 68 valence electrons. The van der Waals surface area contributed by atoms with Crippen LogP contribution in [0, 0.1) is 0 Å². The van der Waals surface area contributed by atoms with E-state index in [1.165, 1.54) is 0 Å². The van der Waals surface area contributed by atoms with Crippen molar-refractivity contribution in [3.05, 3.63) is 33.8 Å². The maximum absolute atomic E-state index is 11.6. The highest BCUT2D eigenvalue weighted by Gasteiger charge is 2.23. The van der Waals surface area contributed by atoms with Gasteiger partial charge in [-0.25, -0.2) is 0 Å². The first-order chi connectivity index (χ1) is 6.18. The molecule has 0 aliphatic heterocycles. The van der Waals surface area contributed by atoms with E-state index in [1.54, 1.807) is 0 Å². The Morgan fingerprint density at radius 3 is 3.00 bits per heavy atom. The first-order valence-electron chi connectivity index (χ1n) is 4.26. The van der Waals surface area contributed by atoms with Gasteiger partial charge in [0.2, 0.25) is 0 Å². The Morgan fingerprint density at radius 2 is 2.23 bits per heavy atom. The summed E-state index contributed by atoms with van der Waals surface area (Å²) in [5.74, 6) is 0.0775. The second kappa shape index (κ2) is 3.24. The Morgan fingerprint density at radius 1 is 1.46 bits per heavy atom. The summed E-state index contributed by atoms with van der Waals surface area (Å²) in [5.41, 5.74) is 7.58. The van der Waals surface area contributed by atoms with E-state index in [0.717, 1.165) is 28.4 Å². The van der Waals surface area contributed by atoms with Crippen molar-refractivity contribution in [1.29, 1.82) is 0 Å². The first-order valence-corrected chi connectivity index (χ1v) is 5.06. The van der Waals surface area contributed by atoms with Crippen LogP contribution in [0.2, 0.25) is 0 Å². The molecule has 1 unspecified atom stereocenters. The lowest BCUT2D eigenvalue weighted by molar-refractivity contribution is 0.0948. The van der Waals surface area contributed by atoms with Crippen molar-refractivity contribution in [3.8, 4) is 0 Å². The highest BCUT2D eigenvalue weighted by Crippen LogP contribution is 2.23. The van der Waals surface area contributed by atoms with Gasteiger partial charge in [0.1, 0.15) is 0 Å². The monoisotopic (exact) mass is 239 g/mol. The van der Waals surface area contributed by atoms with Crippen molar-refractivity contribution in [2.24, 2.45) is 5.73 Å². The number of Topliss-reactive ketones (excluding diaryl/α,β-unsaturated/α-hetero) is 1. The van der Waals surface area contributed by atoms with Gasteiger partial charge in [0, 0.05) is 10.0 Å². The number of fused-ring (bicyclic) bond motifs is 1. The van der Waals surface area contributed by atoms with Gasteiger partial charge in [-0.15, -0.1) is 0 Å². The topological polar surface area (TPSA) is 43.1 Å². The van der Waals surface area contributed by atoms with E-state index in [2.05, 4.69) is 15.9 Å². The van der Waals surface area contributed by atoms with Crippen LogP contribution in [-0.4, -0.2) is 11.8 Å². The number of benzene rings is 1. The molecular weight excluding hydrogens is 230 g/mol. The van der Waals surface area contributed by atoms with Crippen LogP contribution in [0.1, 0.15) is 22.3 Å². The number of nitrogens with two attached hydrogens (primary N) is 1. The zero-order valence-electron chi connectivity index (χ0n) is 7.09. The molecule has 0 saturated carbocycles. The van der Waals surface area contributed by atoms with E-state index < -0.39 is 0 Å². The molecule has 1 atom stereocenters. The summed E-state index contributed by atoms with van der Waals surface area (Å²) < 4.78 is 1.02. The standard InChI is InChI=1S/C10H10BrNO/c11-7-2-3-8-6(5-7)1-4-9(12)10(8)13/h2-3,5,9H,1,4,12H2. The molecule has 2 N–H and O–H groups in total. The molecule has 0 heterocycles. The largest absolute Gasteiger partial charge is 0.321 e. The minimum absolute atomic E-state index is 0.0775. The summed E-state index contributed by atoms with van der Waals surface area (Å²) in [6.45, 7) is 0. The predicted molar refractivity (Wildman–Crippen MR) is 54.8 cm³/mol. The third kappa shape index (κ3) is 1.54. The summed E-state index contributed by atoms with van der Waals surface area (Å²) in [4.78, 5) is 11.6. The second-order valence-corrected chi connectivity index (χ2v) is 4.23. The predicted octanol–water partition coefficient (Wildman–Crippen LogP) is 1.91. The maximum atomic E-state index is 11.6. The molecule has 0 aromatic heterocycles. The summed E-state index contributed by atoms with van der Waals surface area (Å²) in [7, 11) is 0. The lowest BCUT2D eigenvalue weighted by atomic mass is 9.88. The van der Waals surface area contributed by atoms with E-state index in [0.29, 0.717) is 0 Å². The Kier molecular flexibility index (Phi) is 2.22. The number of aryl methyl sites for hydroxylation is 1. The van der Waals surface area contributed by atoms with Gasteiger partial charge >= 0.3 is 0 Å². The number of ketones is 1. The zero-order chi connectivity index (χ0) is 9.42. The molecule has 1 aromatic carbocycles. The third-order valence-corrected chi connectivity index (χ3v) is 2.89. The molecule has 0 fully saturated rings. The fourth-order valence-corrected chi connectivity index (χ4v) is 2.06. The Hall–Kier alpha value is -0.670. The number of carbonyl (C=O) groups is 1. The van der Waals surface area contributed by atoms with E-state index in [9.17, 15) is 4.79 Å². The SMILES string of the molecule is NC1CCc2cc(Br)ccc2C1=O. The summed E-state index contributed by atoms with van der Waals surface area (Å²) in [5, 5.41) is 0. The maximum Gasteiger partial charge on any atom is 0.179 e. The van der Waals surface area contributed by atoms with Gasteiger partial charge in [-0.2, -0.15) is 0 Å². The molecule has 1 aliphatic rings. The quantitative estimate of drug-likeness (QED) is 0.752. The summed E-state index contributed by atoms with van der Waals surface area (Å²) in [6.07, 6.45) is 1.67. The van der Waals surface area contributed by atoms with Gasteiger partial charge in [-0.05, 0) is 36.6 Å². The first kappa shape index (κ1) is 8.91. The van der Waals surface area contributed by atoms with Crippen LogP contribution >= 0.6 is 15.9 Å². The molecule has 0 radical (unpaired) electrons. The van der Waals surface area contributed by atoms with Crippen LogP contribution in [0.3, 0.4) is 0 Å². The lowest BCUT2D eigenvalue weighted by Crippen LogP contribution is -2.35. The van der Waals surface area contributed by atoms with Crippen LogP contribution in [-0.2, 0) is 6.42 Å². The van der Waals surface area contributed by atoms with Crippen LogP contribution in [0.15, 0.2) is 22.7 Å². The van der Waals surface area contributed by atoms with Gasteiger partial charge in [0.15, 0.2) is 5.78 Å². The van der Waals surface area contributed by atoms with E-state index >= 15 is 0 Å². The van der Waals surface area contributed by atoms with Crippen LogP contribution < -0.4 is 5.73 Å². The van der Waals surface area contributed by atoms with E-state index in [4.69, 9.17) is 5.73 Å². The molecule has 0 bridgehead atoms. The molecule has 0 saturated heterocycles. The fourth-order valence-electron chi connectivity index (χ4n) is 1.65. The molecular formula is C10H10BrNO. The van der Waals surface area contributed by atoms with Crippen molar-refractivity contribution < 1.29 is 4.79 Å². The Labute approximate surface area is 85.3 Å². The van der Waals surface area contributed by atoms with Gasteiger partial charge in [-0.1, -0.05) is 15.9 Å². The van der Waals surface area contributed by atoms with Crippen molar-refractivity contribution in [2.45, 2.75) is 18.9 Å². The average Bonchev–Trinajstić information content (AvgIpc) is 2.12. The minimum atomic E-state index is -0.298. The number of hydrogen-bond donors (Lipinski definition) is 1. The molecule has 2 rings (SSSR count). The molecule has 3 heteroatoms. The summed E-state index contributed by atoms with van der Waals surface area (Å²) >= 11 is 3.38. The van der Waals surface area contributed by atoms with Crippen LogP contribution in [0.4, 0.5) is 0 Å². The number of halogens is 1. The zero-order valence-corrected chi connectivity index (χ0v) is 8.67. The van der Waals surface area contributed by atoms with Crippen molar-refractivity contribution >= 4 is 21.7 Å². The second-order valence-electron chi connectivity index (χ2n) is 3.31. The minimum Gasteiger partial charge on any atom is -0.321 e. The number of hydrogen-bond acceptors (Lipinski definition) is 2. The highest BCUT2D eigenvalue weighted by atomic mass is 79.9. The van der Waals surface area contributed by atoms with E-state index in [1.807, 2.05) is 18.2 Å². The Bertz CT molecular complexity index is 362. The molecule has 1 aliphatic carbocycles.